The molecule has 8 nitrogen and oxygen atoms in total. The molecular weight excluding hydrogens is 391 g/mol. The van der Waals surface area contributed by atoms with E-state index < -0.39 is 52.1 Å². The molecule has 0 radical (unpaired) electrons. The van der Waals surface area contributed by atoms with E-state index in [0.29, 0.717) is 6.42 Å². The zero-order valence-electron chi connectivity index (χ0n) is 15.6. The van der Waals surface area contributed by atoms with Crippen LogP contribution in [0.5, 0.6) is 0 Å². The number of hydrogen-bond donors (Lipinski definition) is 2. The summed E-state index contributed by atoms with van der Waals surface area (Å²) in [6.07, 6.45) is 0.324. The molecule has 1 aromatic carbocycles. The summed E-state index contributed by atoms with van der Waals surface area (Å²) in [4.78, 5) is 36.4. The Balaban J connectivity index is 1.87. The molecule has 0 aliphatic carbocycles. The minimum Gasteiger partial charge on any atom is -0.454 e. The average Bonchev–Trinajstić information content (AvgIpc) is 2.96. The molecule has 0 saturated carbocycles. The van der Waals surface area contributed by atoms with E-state index in [1.807, 2.05) is 0 Å². The van der Waals surface area contributed by atoms with Gasteiger partial charge in [-0.25, -0.2) is 17.6 Å². The third-order valence-corrected chi connectivity index (χ3v) is 6.02. The van der Waals surface area contributed by atoms with Gasteiger partial charge < -0.3 is 15.4 Å². The Labute approximate surface area is 162 Å². The summed E-state index contributed by atoms with van der Waals surface area (Å²) in [7, 11) is -3.13. The van der Waals surface area contributed by atoms with Gasteiger partial charge in [0.2, 0.25) is 0 Å². The van der Waals surface area contributed by atoms with Gasteiger partial charge in [0.05, 0.1) is 11.5 Å². The van der Waals surface area contributed by atoms with Crippen LogP contribution in [0.3, 0.4) is 0 Å². The maximum absolute atomic E-state index is 13.0. The quantitative estimate of drug-likeness (QED) is 0.625. The van der Waals surface area contributed by atoms with Crippen LogP contribution in [0.4, 0.5) is 4.39 Å². The van der Waals surface area contributed by atoms with E-state index >= 15 is 0 Å². The maximum atomic E-state index is 13.0. The molecule has 1 saturated heterocycles. The second-order valence-corrected chi connectivity index (χ2v) is 9.21. The topological polar surface area (TPSA) is 119 Å². The normalized spacial score (nSPS) is 19.1. The van der Waals surface area contributed by atoms with Crippen molar-refractivity contribution in [3.8, 4) is 0 Å². The van der Waals surface area contributed by atoms with Crippen LogP contribution in [0.2, 0.25) is 0 Å². The highest BCUT2D eigenvalue weighted by molar-refractivity contribution is 7.91. The van der Waals surface area contributed by atoms with Crippen LogP contribution in [-0.2, 0) is 24.2 Å². The van der Waals surface area contributed by atoms with Crippen molar-refractivity contribution in [2.75, 3.05) is 18.1 Å². The molecule has 1 aromatic rings. The van der Waals surface area contributed by atoms with Gasteiger partial charge in [-0.2, -0.15) is 0 Å². The molecule has 2 atom stereocenters. The minimum absolute atomic E-state index is 0.0164. The monoisotopic (exact) mass is 414 g/mol. The molecule has 2 amide bonds. The Morgan fingerprint density at radius 3 is 2.39 bits per heavy atom. The number of halogens is 1. The van der Waals surface area contributed by atoms with Crippen LogP contribution < -0.4 is 10.6 Å². The van der Waals surface area contributed by atoms with Crippen LogP contribution in [0.15, 0.2) is 24.3 Å². The lowest BCUT2D eigenvalue weighted by molar-refractivity contribution is -0.151. The maximum Gasteiger partial charge on any atom is 0.329 e. The summed E-state index contributed by atoms with van der Waals surface area (Å²) >= 11 is 0. The highest BCUT2D eigenvalue weighted by Gasteiger charge is 2.30. The number of hydrogen-bond acceptors (Lipinski definition) is 6. The van der Waals surface area contributed by atoms with Crippen molar-refractivity contribution in [1.82, 2.24) is 10.6 Å². The fourth-order valence-electron chi connectivity index (χ4n) is 2.73. The van der Waals surface area contributed by atoms with Crippen molar-refractivity contribution < 1.29 is 31.9 Å². The number of benzene rings is 1. The number of ether oxygens (including phenoxy) is 1. The first-order valence-corrected chi connectivity index (χ1v) is 10.6. The Bertz CT molecular complexity index is 838. The van der Waals surface area contributed by atoms with Gasteiger partial charge in [-0.05, 0) is 36.6 Å². The zero-order chi connectivity index (χ0) is 20.9. The van der Waals surface area contributed by atoms with Gasteiger partial charge in [-0.15, -0.1) is 0 Å². The first-order chi connectivity index (χ1) is 13.1. The highest BCUT2D eigenvalue weighted by atomic mass is 32.2. The lowest BCUT2D eigenvalue weighted by Crippen LogP contribution is -2.46. The second kappa shape index (κ2) is 9.13. The standard InChI is InChI=1S/C18H23FN2O6S/c1-11(2)16(21-17(23)12-3-5-13(19)6-4-12)18(24)27-9-15(22)20-14-7-8-28(25,26)10-14/h3-6,11,14,16H,7-10H2,1-2H3,(H,20,22)(H,21,23)/t14-,16+/m1/s1. The van der Waals surface area contributed by atoms with Crippen LogP contribution >= 0.6 is 0 Å². The average molecular weight is 414 g/mol. The largest absolute Gasteiger partial charge is 0.454 e. The number of rotatable bonds is 7. The third kappa shape index (κ3) is 6.29. The van der Waals surface area contributed by atoms with Gasteiger partial charge in [0.15, 0.2) is 16.4 Å². The highest BCUT2D eigenvalue weighted by Crippen LogP contribution is 2.11. The molecule has 28 heavy (non-hydrogen) atoms. The number of sulfone groups is 1. The number of esters is 1. The Hall–Kier alpha value is -2.49. The first kappa shape index (κ1) is 21.8. The second-order valence-electron chi connectivity index (χ2n) is 6.98. The lowest BCUT2D eigenvalue weighted by Gasteiger charge is -2.21. The van der Waals surface area contributed by atoms with Gasteiger partial charge in [-0.1, -0.05) is 13.8 Å². The van der Waals surface area contributed by atoms with Crippen molar-refractivity contribution in [2.45, 2.75) is 32.4 Å². The van der Waals surface area contributed by atoms with E-state index in [2.05, 4.69) is 10.6 Å². The molecule has 2 rings (SSSR count). The molecule has 1 heterocycles. The molecule has 2 N–H and O–H groups in total. The molecule has 1 aliphatic rings. The third-order valence-electron chi connectivity index (χ3n) is 4.26. The summed E-state index contributed by atoms with van der Waals surface area (Å²) in [5.41, 5.74) is 0.181. The molecule has 10 heteroatoms. The lowest BCUT2D eigenvalue weighted by atomic mass is 10.0. The molecule has 0 bridgehead atoms. The SMILES string of the molecule is CC(C)[C@H](NC(=O)c1ccc(F)cc1)C(=O)OCC(=O)N[C@@H]1CCS(=O)(=O)C1. The summed E-state index contributed by atoms with van der Waals surface area (Å²) < 4.78 is 40.7. The van der Waals surface area contributed by atoms with Crippen molar-refractivity contribution in [3.05, 3.63) is 35.6 Å². The molecule has 0 aromatic heterocycles. The van der Waals surface area contributed by atoms with E-state index in [9.17, 15) is 27.2 Å². The van der Waals surface area contributed by atoms with E-state index in [1.165, 1.54) is 12.1 Å². The Morgan fingerprint density at radius 2 is 1.86 bits per heavy atom. The fourth-order valence-corrected chi connectivity index (χ4v) is 4.40. The van der Waals surface area contributed by atoms with Gasteiger partial charge in [0.1, 0.15) is 11.9 Å². The summed E-state index contributed by atoms with van der Waals surface area (Å²) in [5, 5.41) is 5.02. The molecule has 1 aliphatic heterocycles. The van der Waals surface area contributed by atoms with Gasteiger partial charge in [0, 0.05) is 11.6 Å². The minimum atomic E-state index is -3.13. The molecule has 1 fully saturated rings. The molecule has 0 spiro atoms. The summed E-state index contributed by atoms with van der Waals surface area (Å²) in [5.74, 6) is -2.89. The molecule has 0 unspecified atom stereocenters. The number of amides is 2. The number of carbonyl (C=O) groups excluding carboxylic acids is 3. The van der Waals surface area contributed by atoms with E-state index in [1.54, 1.807) is 13.8 Å². The summed E-state index contributed by atoms with van der Waals surface area (Å²) in [6.45, 7) is 2.81. The fraction of sp³-hybridized carbons (Fsp3) is 0.500. The van der Waals surface area contributed by atoms with Gasteiger partial charge >= 0.3 is 5.97 Å². The zero-order valence-corrected chi connectivity index (χ0v) is 16.4. The van der Waals surface area contributed by atoms with Crippen molar-refractivity contribution in [3.63, 3.8) is 0 Å². The number of carbonyl (C=O) groups is 3. The van der Waals surface area contributed by atoms with Crippen LogP contribution in [-0.4, -0.2) is 56.4 Å². The smallest absolute Gasteiger partial charge is 0.329 e. The van der Waals surface area contributed by atoms with Gasteiger partial charge in [0.25, 0.3) is 11.8 Å². The van der Waals surface area contributed by atoms with Crippen molar-refractivity contribution >= 4 is 27.6 Å². The Kier molecular flexibility index (Phi) is 7.11. The number of nitrogens with one attached hydrogen (secondary N) is 2. The molecule has 154 valence electrons. The van der Waals surface area contributed by atoms with E-state index in [0.717, 1.165) is 12.1 Å². The molecular formula is C18H23FN2O6S. The van der Waals surface area contributed by atoms with Crippen molar-refractivity contribution in [1.29, 1.82) is 0 Å². The predicted octanol–water partition coefficient (Wildman–Crippen LogP) is 0.427. The predicted molar refractivity (Wildman–Crippen MR) is 98.7 cm³/mol. The van der Waals surface area contributed by atoms with Crippen LogP contribution in [0.25, 0.3) is 0 Å². The van der Waals surface area contributed by atoms with Crippen molar-refractivity contribution in [2.24, 2.45) is 5.92 Å². The first-order valence-electron chi connectivity index (χ1n) is 8.80. The van der Waals surface area contributed by atoms with Gasteiger partial charge in [-0.3, -0.25) is 9.59 Å². The summed E-state index contributed by atoms with van der Waals surface area (Å²) in [6, 6.07) is 3.34. The van der Waals surface area contributed by atoms with Crippen LogP contribution in [0.1, 0.15) is 30.6 Å². The van der Waals surface area contributed by atoms with Crippen LogP contribution in [0, 0.1) is 11.7 Å². The van der Waals surface area contributed by atoms with E-state index in [-0.39, 0.29) is 23.0 Å². The van der Waals surface area contributed by atoms with E-state index in [4.69, 9.17) is 4.74 Å². The Morgan fingerprint density at radius 1 is 1.21 bits per heavy atom.